The second-order valence-electron chi connectivity index (χ2n) is 3.62. The van der Waals surface area contributed by atoms with Crippen LogP contribution < -0.4 is 10.9 Å². The van der Waals surface area contributed by atoms with Gasteiger partial charge in [-0.25, -0.2) is 10.1 Å². The molecule has 0 radical (unpaired) electrons. The van der Waals surface area contributed by atoms with Crippen molar-refractivity contribution in [1.29, 1.82) is 0 Å². The Labute approximate surface area is 107 Å². The quantitative estimate of drug-likeness (QED) is 0.898. The second kappa shape index (κ2) is 4.85. The summed E-state index contributed by atoms with van der Waals surface area (Å²) in [7, 11) is 0. The molecule has 2 rings (SSSR count). The molecule has 2 aromatic rings. The Kier molecular flexibility index (Phi) is 3.44. The topological polar surface area (TPSA) is 70.7 Å². The average molecular weight is 271 g/mol. The number of H-pyrrole nitrogens is 1. The van der Waals surface area contributed by atoms with Crippen molar-refractivity contribution in [3.05, 3.63) is 37.7 Å². The number of aromatic amines is 1. The van der Waals surface area contributed by atoms with Gasteiger partial charge >= 0.3 is 0 Å². The van der Waals surface area contributed by atoms with E-state index in [1.54, 1.807) is 11.3 Å². The number of aryl methyl sites for hydroxylation is 1. The van der Waals surface area contributed by atoms with Gasteiger partial charge in [0, 0.05) is 11.1 Å². The Bertz CT molecular complexity index is 580. The summed E-state index contributed by atoms with van der Waals surface area (Å²) < 4.78 is 0. The van der Waals surface area contributed by atoms with E-state index in [-0.39, 0.29) is 11.1 Å². The van der Waals surface area contributed by atoms with Crippen molar-refractivity contribution < 1.29 is 0 Å². The minimum Gasteiger partial charge on any atom is -0.373 e. The van der Waals surface area contributed by atoms with Crippen LogP contribution in [0.5, 0.6) is 0 Å². The second-order valence-corrected chi connectivity index (χ2v) is 4.89. The number of hydrogen-bond acceptors (Lipinski definition) is 5. The van der Waals surface area contributed by atoms with E-state index in [4.69, 9.17) is 11.6 Å². The molecule has 0 fully saturated rings. The number of rotatable bonds is 3. The fourth-order valence-corrected chi connectivity index (χ4v) is 2.30. The van der Waals surface area contributed by atoms with Gasteiger partial charge in [0.1, 0.15) is 10.0 Å². The summed E-state index contributed by atoms with van der Waals surface area (Å²) in [6.07, 6.45) is 1.49. The molecule has 0 bridgehead atoms. The third-order valence-corrected chi connectivity index (χ3v) is 3.70. The van der Waals surface area contributed by atoms with E-state index >= 15 is 0 Å². The van der Waals surface area contributed by atoms with Crippen molar-refractivity contribution in [2.45, 2.75) is 19.9 Å². The lowest BCUT2D eigenvalue weighted by molar-refractivity contribution is 0.856. The number of nitrogens with one attached hydrogen (secondary N) is 2. The molecule has 0 saturated carbocycles. The van der Waals surface area contributed by atoms with Crippen LogP contribution in [-0.4, -0.2) is 15.2 Å². The number of halogens is 1. The zero-order valence-electron chi connectivity index (χ0n) is 9.32. The van der Waals surface area contributed by atoms with E-state index < -0.39 is 5.56 Å². The standard InChI is InChI=1S/C10H11ClN4OS/c1-5-4-17-10(13-5)6(2)14-7-3-12-15-9(16)8(7)11/h3-4,6H,1-2H3,(H2,14,15,16). The molecule has 7 heteroatoms. The summed E-state index contributed by atoms with van der Waals surface area (Å²) in [6.45, 7) is 3.89. The van der Waals surface area contributed by atoms with Crippen LogP contribution in [0.4, 0.5) is 5.69 Å². The van der Waals surface area contributed by atoms with Crippen LogP contribution in [0.15, 0.2) is 16.4 Å². The molecule has 90 valence electrons. The smallest absolute Gasteiger partial charge is 0.285 e. The average Bonchev–Trinajstić information content (AvgIpc) is 2.72. The van der Waals surface area contributed by atoms with Crippen LogP contribution in [0.3, 0.4) is 0 Å². The molecule has 0 aliphatic heterocycles. The highest BCUT2D eigenvalue weighted by Crippen LogP contribution is 2.24. The van der Waals surface area contributed by atoms with E-state index in [0.29, 0.717) is 5.69 Å². The van der Waals surface area contributed by atoms with Gasteiger partial charge in [-0.15, -0.1) is 11.3 Å². The van der Waals surface area contributed by atoms with Crippen LogP contribution >= 0.6 is 22.9 Å². The lowest BCUT2D eigenvalue weighted by Crippen LogP contribution is -2.14. The number of hydrogen-bond donors (Lipinski definition) is 2. The fraction of sp³-hybridized carbons (Fsp3) is 0.300. The summed E-state index contributed by atoms with van der Waals surface area (Å²) in [6, 6.07) is -0.0187. The van der Waals surface area contributed by atoms with Gasteiger partial charge in [0.2, 0.25) is 0 Å². The van der Waals surface area contributed by atoms with Crippen LogP contribution in [0.1, 0.15) is 23.7 Å². The molecular formula is C10H11ClN4OS. The number of nitrogens with zero attached hydrogens (tertiary/aromatic N) is 2. The monoisotopic (exact) mass is 270 g/mol. The zero-order chi connectivity index (χ0) is 12.4. The summed E-state index contributed by atoms with van der Waals surface area (Å²) in [5, 5.41) is 12.1. The molecule has 0 aromatic carbocycles. The molecule has 0 aliphatic rings. The van der Waals surface area contributed by atoms with E-state index in [9.17, 15) is 4.79 Å². The van der Waals surface area contributed by atoms with Crippen LogP contribution in [0, 0.1) is 6.92 Å². The Morgan fingerprint density at radius 3 is 3.00 bits per heavy atom. The molecule has 17 heavy (non-hydrogen) atoms. The SMILES string of the molecule is Cc1csc(C(C)Nc2cn[nH]c(=O)c2Cl)n1. The summed E-state index contributed by atoms with van der Waals surface area (Å²) >= 11 is 7.43. The maximum atomic E-state index is 11.3. The first kappa shape index (κ1) is 12.1. The van der Waals surface area contributed by atoms with Crippen LogP contribution in [0.25, 0.3) is 0 Å². The minimum atomic E-state index is -0.404. The molecule has 1 unspecified atom stereocenters. The molecule has 1 atom stereocenters. The van der Waals surface area contributed by atoms with Gasteiger partial charge in [-0.05, 0) is 13.8 Å². The molecule has 0 spiro atoms. The number of aromatic nitrogens is 3. The van der Waals surface area contributed by atoms with Gasteiger partial charge < -0.3 is 5.32 Å². The normalized spacial score (nSPS) is 12.4. The predicted molar refractivity (Wildman–Crippen MR) is 68.8 cm³/mol. The highest BCUT2D eigenvalue weighted by Gasteiger charge is 2.12. The summed E-state index contributed by atoms with van der Waals surface area (Å²) in [5.74, 6) is 0. The van der Waals surface area contributed by atoms with Gasteiger partial charge in [-0.3, -0.25) is 4.79 Å². The zero-order valence-corrected chi connectivity index (χ0v) is 10.9. The molecule has 2 N–H and O–H groups in total. The van der Waals surface area contributed by atoms with E-state index in [1.807, 2.05) is 19.2 Å². The molecule has 0 saturated heterocycles. The molecule has 5 nitrogen and oxygen atoms in total. The molecule has 2 aromatic heterocycles. The van der Waals surface area contributed by atoms with Crippen LogP contribution in [0.2, 0.25) is 5.02 Å². The maximum Gasteiger partial charge on any atom is 0.285 e. The first-order valence-corrected chi connectivity index (χ1v) is 6.25. The number of thiazole rings is 1. The Morgan fingerprint density at radius 1 is 1.59 bits per heavy atom. The minimum absolute atomic E-state index is 0.0187. The summed E-state index contributed by atoms with van der Waals surface area (Å²) in [4.78, 5) is 15.6. The third-order valence-electron chi connectivity index (χ3n) is 2.17. The van der Waals surface area contributed by atoms with Gasteiger partial charge in [0.25, 0.3) is 5.56 Å². The first-order valence-electron chi connectivity index (χ1n) is 4.99. The fourth-order valence-electron chi connectivity index (χ4n) is 1.35. The first-order chi connectivity index (χ1) is 8.08. The highest BCUT2D eigenvalue weighted by molar-refractivity contribution is 7.09. The lowest BCUT2D eigenvalue weighted by Gasteiger charge is -2.12. The molecule has 2 heterocycles. The van der Waals surface area contributed by atoms with Crippen molar-refractivity contribution in [1.82, 2.24) is 15.2 Å². The summed E-state index contributed by atoms with van der Waals surface area (Å²) in [5.41, 5.74) is 1.09. The van der Waals surface area contributed by atoms with Crippen LogP contribution in [-0.2, 0) is 0 Å². The van der Waals surface area contributed by atoms with E-state index in [1.165, 1.54) is 6.20 Å². The Morgan fingerprint density at radius 2 is 2.35 bits per heavy atom. The Hall–Kier alpha value is -1.40. The number of anilines is 1. The van der Waals surface area contributed by atoms with Gasteiger partial charge in [0.15, 0.2) is 0 Å². The van der Waals surface area contributed by atoms with Crippen molar-refractivity contribution in [3.63, 3.8) is 0 Å². The largest absolute Gasteiger partial charge is 0.373 e. The highest BCUT2D eigenvalue weighted by atomic mass is 35.5. The Balaban J connectivity index is 2.21. The lowest BCUT2D eigenvalue weighted by atomic mass is 10.3. The van der Waals surface area contributed by atoms with Gasteiger partial charge in [-0.2, -0.15) is 5.10 Å². The van der Waals surface area contributed by atoms with Gasteiger partial charge in [-0.1, -0.05) is 11.6 Å². The van der Waals surface area contributed by atoms with Crippen molar-refractivity contribution in [2.24, 2.45) is 0 Å². The maximum absolute atomic E-state index is 11.3. The van der Waals surface area contributed by atoms with E-state index in [0.717, 1.165) is 10.7 Å². The molecule has 0 aliphatic carbocycles. The predicted octanol–water partition coefficient (Wildman–Crippen LogP) is 2.36. The van der Waals surface area contributed by atoms with Crippen molar-refractivity contribution in [2.75, 3.05) is 5.32 Å². The van der Waals surface area contributed by atoms with Crippen molar-refractivity contribution >= 4 is 28.6 Å². The van der Waals surface area contributed by atoms with Crippen molar-refractivity contribution in [3.8, 4) is 0 Å². The third kappa shape index (κ3) is 2.65. The van der Waals surface area contributed by atoms with E-state index in [2.05, 4.69) is 20.5 Å². The molecule has 0 amide bonds. The molecular weight excluding hydrogens is 260 g/mol. The van der Waals surface area contributed by atoms with Gasteiger partial charge in [0.05, 0.1) is 17.9 Å².